The number of carboxylic acids is 1. The van der Waals surface area contributed by atoms with Crippen molar-refractivity contribution >= 4 is 11.6 Å². The van der Waals surface area contributed by atoms with Crippen LogP contribution in [0.4, 0.5) is 0 Å². The zero-order valence-corrected chi connectivity index (χ0v) is 9.32. The Kier molecular flexibility index (Phi) is 2.30. The van der Waals surface area contributed by atoms with Gasteiger partial charge in [0.15, 0.2) is 11.3 Å². The van der Waals surface area contributed by atoms with E-state index in [1.807, 2.05) is 30.3 Å². The average molecular weight is 239 g/mol. The maximum atomic E-state index is 11.4. The molecule has 3 aromatic rings. The van der Waals surface area contributed by atoms with E-state index >= 15 is 0 Å². The molecule has 0 fully saturated rings. The summed E-state index contributed by atoms with van der Waals surface area (Å²) in [5.74, 6) is -1.02. The van der Waals surface area contributed by atoms with Gasteiger partial charge < -0.3 is 5.11 Å². The molecule has 0 aliphatic rings. The van der Waals surface area contributed by atoms with Crippen LogP contribution in [0.3, 0.4) is 0 Å². The summed E-state index contributed by atoms with van der Waals surface area (Å²) in [6, 6.07) is 10.9. The van der Waals surface area contributed by atoms with Gasteiger partial charge in [0.2, 0.25) is 0 Å². The number of nitrogens with zero attached hydrogens (tertiary/aromatic N) is 3. The van der Waals surface area contributed by atoms with E-state index in [2.05, 4.69) is 10.1 Å². The van der Waals surface area contributed by atoms with Crippen LogP contribution >= 0.6 is 0 Å². The Balaban J connectivity index is 2.35. The molecule has 18 heavy (non-hydrogen) atoms. The van der Waals surface area contributed by atoms with Crippen molar-refractivity contribution in [2.75, 3.05) is 0 Å². The topological polar surface area (TPSA) is 67.5 Å². The molecule has 3 rings (SSSR count). The number of hydrogen-bond donors (Lipinski definition) is 1. The highest BCUT2D eigenvalue weighted by atomic mass is 16.4. The Bertz CT molecular complexity index is 719. The third kappa shape index (κ3) is 1.53. The van der Waals surface area contributed by atoms with Gasteiger partial charge in [0, 0.05) is 17.8 Å². The van der Waals surface area contributed by atoms with Gasteiger partial charge in [-0.1, -0.05) is 30.3 Å². The highest BCUT2D eigenvalue weighted by Crippen LogP contribution is 2.23. The molecule has 0 radical (unpaired) electrons. The molecule has 5 heteroatoms. The molecule has 0 spiro atoms. The summed E-state index contributed by atoms with van der Waals surface area (Å²) in [5, 5.41) is 13.4. The summed E-state index contributed by atoms with van der Waals surface area (Å²) in [5.41, 5.74) is 2.00. The van der Waals surface area contributed by atoms with Crippen molar-refractivity contribution < 1.29 is 9.90 Å². The fraction of sp³-hybridized carbons (Fsp3) is 0. The van der Waals surface area contributed by atoms with Crippen LogP contribution in [0, 0.1) is 0 Å². The lowest BCUT2D eigenvalue weighted by molar-refractivity contribution is 0.0688. The summed E-state index contributed by atoms with van der Waals surface area (Å²) >= 11 is 0. The number of carbonyl (C=O) groups is 1. The Morgan fingerprint density at radius 1 is 1.17 bits per heavy atom. The zero-order chi connectivity index (χ0) is 12.5. The number of aromatic nitrogens is 3. The predicted octanol–water partition coefficient (Wildman–Crippen LogP) is 2.09. The molecule has 88 valence electrons. The van der Waals surface area contributed by atoms with Gasteiger partial charge in [-0.3, -0.25) is 0 Å². The first kappa shape index (κ1) is 10.5. The summed E-state index contributed by atoms with van der Waals surface area (Å²) in [4.78, 5) is 15.6. The van der Waals surface area contributed by atoms with E-state index in [0.717, 1.165) is 5.56 Å². The van der Waals surface area contributed by atoms with Crippen molar-refractivity contribution in [3.63, 3.8) is 0 Å². The van der Waals surface area contributed by atoms with Crippen LogP contribution in [0.2, 0.25) is 0 Å². The summed E-state index contributed by atoms with van der Waals surface area (Å²) in [6.45, 7) is 0. The van der Waals surface area contributed by atoms with Crippen molar-refractivity contribution in [2.24, 2.45) is 0 Å². The Hall–Kier alpha value is -2.69. The Morgan fingerprint density at radius 2 is 1.94 bits per heavy atom. The van der Waals surface area contributed by atoms with Gasteiger partial charge in [0.05, 0.1) is 6.20 Å². The number of benzene rings is 1. The van der Waals surface area contributed by atoms with Gasteiger partial charge in [-0.15, -0.1) is 0 Å². The Morgan fingerprint density at radius 3 is 2.67 bits per heavy atom. The molecule has 0 unspecified atom stereocenters. The number of carboxylic acid groups (broad SMARTS) is 1. The number of fused-ring (bicyclic) bond motifs is 1. The van der Waals surface area contributed by atoms with Crippen molar-refractivity contribution in [2.45, 2.75) is 0 Å². The lowest BCUT2D eigenvalue weighted by atomic mass is 10.1. The van der Waals surface area contributed by atoms with Crippen LogP contribution in [0.1, 0.15) is 10.5 Å². The molecule has 2 aromatic heterocycles. The third-order valence-corrected chi connectivity index (χ3v) is 2.70. The lowest BCUT2D eigenvalue weighted by Crippen LogP contribution is -2.09. The minimum Gasteiger partial charge on any atom is -0.476 e. The quantitative estimate of drug-likeness (QED) is 0.743. The molecule has 0 atom stereocenters. The second-order valence-electron chi connectivity index (χ2n) is 3.79. The van der Waals surface area contributed by atoms with Gasteiger partial charge in [0.1, 0.15) is 0 Å². The SMILES string of the molecule is O=C(O)c1c(-c2ccccc2)cnc2ccnn12. The first-order valence-electron chi connectivity index (χ1n) is 5.39. The molecule has 0 aliphatic heterocycles. The maximum absolute atomic E-state index is 11.4. The largest absolute Gasteiger partial charge is 0.476 e. The average Bonchev–Trinajstić information content (AvgIpc) is 2.86. The predicted molar refractivity (Wildman–Crippen MR) is 65.4 cm³/mol. The van der Waals surface area contributed by atoms with Crippen molar-refractivity contribution in [3.8, 4) is 11.1 Å². The van der Waals surface area contributed by atoms with E-state index in [1.165, 1.54) is 10.7 Å². The molecule has 0 saturated heterocycles. The van der Waals surface area contributed by atoms with Crippen LogP contribution in [0.5, 0.6) is 0 Å². The summed E-state index contributed by atoms with van der Waals surface area (Å²) < 4.78 is 1.34. The molecule has 5 nitrogen and oxygen atoms in total. The normalized spacial score (nSPS) is 10.7. The highest BCUT2D eigenvalue weighted by Gasteiger charge is 2.17. The van der Waals surface area contributed by atoms with Crippen LogP contribution in [0.25, 0.3) is 16.8 Å². The van der Waals surface area contributed by atoms with E-state index < -0.39 is 5.97 Å². The van der Waals surface area contributed by atoms with E-state index in [-0.39, 0.29) is 5.69 Å². The molecule has 0 saturated carbocycles. The molecule has 2 heterocycles. The van der Waals surface area contributed by atoms with Crippen molar-refractivity contribution in [1.29, 1.82) is 0 Å². The van der Waals surface area contributed by atoms with Crippen molar-refractivity contribution in [1.82, 2.24) is 14.6 Å². The first-order valence-corrected chi connectivity index (χ1v) is 5.39. The van der Waals surface area contributed by atoms with Gasteiger partial charge >= 0.3 is 5.97 Å². The number of aromatic carboxylic acids is 1. The minimum atomic E-state index is -1.02. The van der Waals surface area contributed by atoms with Crippen LogP contribution in [-0.2, 0) is 0 Å². The smallest absolute Gasteiger partial charge is 0.355 e. The van der Waals surface area contributed by atoms with Gasteiger partial charge in [-0.25, -0.2) is 14.3 Å². The van der Waals surface area contributed by atoms with Gasteiger partial charge in [0.25, 0.3) is 0 Å². The van der Waals surface area contributed by atoms with E-state index in [4.69, 9.17) is 0 Å². The monoisotopic (exact) mass is 239 g/mol. The third-order valence-electron chi connectivity index (χ3n) is 2.70. The highest BCUT2D eigenvalue weighted by molar-refractivity contribution is 5.94. The van der Waals surface area contributed by atoms with Crippen molar-refractivity contribution in [3.05, 3.63) is 54.5 Å². The van der Waals surface area contributed by atoms with Crippen LogP contribution in [0.15, 0.2) is 48.8 Å². The van der Waals surface area contributed by atoms with E-state index in [0.29, 0.717) is 11.2 Å². The molecule has 1 N–H and O–H groups in total. The lowest BCUT2D eigenvalue weighted by Gasteiger charge is -2.07. The molecule has 0 amide bonds. The maximum Gasteiger partial charge on any atom is 0.355 e. The van der Waals surface area contributed by atoms with Crippen LogP contribution < -0.4 is 0 Å². The van der Waals surface area contributed by atoms with Gasteiger partial charge in [-0.2, -0.15) is 5.10 Å². The molecule has 1 aromatic carbocycles. The number of rotatable bonds is 2. The second-order valence-corrected chi connectivity index (χ2v) is 3.79. The summed E-state index contributed by atoms with van der Waals surface area (Å²) in [7, 11) is 0. The van der Waals surface area contributed by atoms with E-state index in [9.17, 15) is 9.90 Å². The fourth-order valence-electron chi connectivity index (χ4n) is 1.91. The molecular weight excluding hydrogens is 230 g/mol. The standard InChI is InChI=1S/C13H9N3O2/c17-13(18)12-10(9-4-2-1-3-5-9)8-14-11-6-7-15-16(11)12/h1-8H,(H,17,18). The fourth-order valence-corrected chi connectivity index (χ4v) is 1.91. The Labute approximate surface area is 102 Å². The second kappa shape index (κ2) is 3.96. The molecular formula is C13H9N3O2. The number of hydrogen-bond acceptors (Lipinski definition) is 3. The first-order chi connectivity index (χ1) is 8.77. The molecule has 0 bridgehead atoms. The van der Waals surface area contributed by atoms with E-state index in [1.54, 1.807) is 12.3 Å². The van der Waals surface area contributed by atoms with Gasteiger partial charge in [-0.05, 0) is 5.56 Å². The summed E-state index contributed by atoms with van der Waals surface area (Å²) in [6.07, 6.45) is 3.10. The minimum absolute atomic E-state index is 0.121. The molecule has 0 aliphatic carbocycles. The van der Waals surface area contributed by atoms with Crippen LogP contribution in [-0.4, -0.2) is 25.7 Å². The zero-order valence-electron chi connectivity index (χ0n) is 9.32.